The summed E-state index contributed by atoms with van der Waals surface area (Å²) in [6, 6.07) is 4.09. The Kier molecular flexibility index (Phi) is 7.09. The molecule has 1 N–H and O–H groups in total. The van der Waals surface area contributed by atoms with E-state index in [1.807, 2.05) is 12.3 Å². The van der Waals surface area contributed by atoms with Gasteiger partial charge in [-0.2, -0.15) is 13.2 Å². The molecule has 1 amide bonds. The van der Waals surface area contributed by atoms with E-state index in [4.69, 9.17) is 0 Å². The number of rotatable bonds is 8. The van der Waals surface area contributed by atoms with Crippen LogP contribution in [0.3, 0.4) is 0 Å². The van der Waals surface area contributed by atoms with Crippen LogP contribution >= 0.6 is 22.7 Å². The molecule has 1 aliphatic heterocycles. The van der Waals surface area contributed by atoms with Gasteiger partial charge in [-0.1, -0.05) is 12.1 Å². The van der Waals surface area contributed by atoms with Crippen LogP contribution in [0.2, 0.25) is 0 Å². The second-order valence-corrected chi connectivity index (χ2v) is 11.8. The Morgan fingerprint density at radius 1 is 1.17 bits per heavy atom. The van der Waals surface area contributed by atoms with Crippen molar-refractivity contribution in [3.8, 4) is 10.6 Å². The first-order valence-electron chi connectivity index (χ1n) is 10.3. The molecule has 4 rings (SSSR count). The van der Waals surface area contributed by atoms with Gasteiger partial charge >= 0.3 is 5.51 Å². The molecular formula is C21H19F3N4O4S3. The number of hydrogen-bond acceptors (Lipinski definition) is 9. The summed E-state index contributed by atoms with van der Waals surface area (Å²) in [7, 11) is -5.43. The van der Waals surface area contributed by atoms with Gasteiger partial charge in [-0.25, -0.2) is 23.8 Å². The van der Waals surface area contributed by atoms with Gasteiger partial charge in [0, 0.05) is 24.8 Å². The molecule has 0 bridgehead atoms. The lowest BCUT2D eigenvalue weighted by atomic mass is 10.1. The lowest BCUT2D eigenvalue weighted by Gasteiger charge is -2.14. The number of carbonyl (C=O) groups excluding carboxylic acids is 2. The average molecular weight is 545 g/mol. The maximum absolute atomic E-state index is 12.7. The lowest BCUT2D eigenvalue weighted by molar-refractivity contribution is -0.130. The Morgan fingerprint density at radius 2 is 1.89 bits per heavy atom. The number of nitrogens with one attached hydrogen (secondary N) is 1. The van der Waals surface area contributed by atoms with Crippen molar-refractivity contribution in [2.45, 2.75) is 43.1 Å². The van der Waals surface area contributed by atoms with E-state index in [1.54, 1.807) is 0 Å². The largest absolute Gasteiger partial charge is 0.501 e. The number of benzene rings is 1. The third-order valence-corrected chi connectivity index (χ3v) is 8.51. The van der Waals surface area contributed by atoms with Crippen molar-refractivity contribution >= 4 is 44.2 Å². The maximum atomic E-state index is 12.7. The number of ketones is 1. The first-order chi connectivity index (χ1) is 16.4. The van der Waals surface area contributed by atoms with Crippen LogP contribution < -0.4 is 5.43 Å². The highest BCUT2D eigenvalue weighted by atomic mass is 32.2. The smallest absolute Gasteiger partial charge is 0.299 e. The lowest BCUT2D eigenvalue weighted by Crippen LogP contribution is -2.33. The van der Waals surface area contributed by atoms with Gasteiger partial charge in [-0.15, -0.1) is 22.7 Å². The number of Topliss-reactive ketones (excluding diaryl/α,β-unsaturated/α-hetero) is 1. The number of sulfone groups is 1. The zero-order chi connectivity index (χ0) is 25.4. The number of hydrogen-bond donors (Lipinski definition) is 1. The number of aromatic nitrogens is 2. The van der Waals surface area contributed by atoms with Gasteiger partial charge in [0.25, 0.3) is 9.84 Å². The minimum absolute atomic E-state index is 0.00444. The Morgan fingerprint density at radius 3 is 2.51 bits per heavy atom. The molecule has 1 saturated heterocycles. The van der Waals surface area contributed by atoms with E-state index in [0.717, 1.165) is 22.0 Å². The minimum atomic E-state index is -5.43. The van der Waals surface area contributed by atoms with Gasteiger partial charge in [0.1, 0.15) is 10.8 Å². The molecule has 186 valence electrons. The van der Waals surface area contributed by atoms with Gasteiger partial charge < -0.3 is 0 Å². The summed E-state index contributed by atoms with van der Waals surface area (Å²) in [6.45, 7) is 2.75. The van der Waals surface area contributed by atoms with Crippen LogP contribution in [0.25, 0.3) is 10.6 Å². The molecular weight excluding hydrogens is 525 g/mol. The Labute approximate surface area is 206 Å². The number of halogens is 3. The molecule has 8 nitrogen and oxygen atoms in total. The molecule has 0 spiro atoms. The summed E-state index contributed by atoms with van der Waals surface area (Å²) < 4.78 is 60.9. The van der Waals surface area contributed by atoms with E-state index in [2.05, 4.69) is 15.4 Å². The fourth-order valence-electron chi connectivity index (χ4n) is 3.47. The number of alkyl halides is 3. The van der Waals surface area contributed by atoms with Crippen LogP contribution in [-0.4, -0.2) is 47.1 Å². The van der Waals surface area contributed by atoms with Crippen molar-refractivity contribution in [2.75, 3.05) is 6.54 Å². The number of amides is 1. The number of thiazole rings is 2. The molecule has 0 saturated carbocycles. The van der Waals surface area contributed by atoms with E-state index in [9.17, 15) is 31.2 Å². The summed E-state index contributed by atoms with van der Waals surface area (Å²) >= 11 is 2.74. The highest BCUT2D eigenvalue weighted by Crippen LogP contribution is 2.33. The van der Waals surface area contributed by atoms with E-state index in [1.165, 1.54) is 39.8 Å². The monoisotopic (exact) mass is 544 g/mol. The van der Waals surface area contributed by atoms with E-state index in [-0.39, 0.29) is 24.5 Å². The van der Waals surface area contributed by atoms with E-state index < -0.39 is 20.2 Å². The van der Waals surface area contributed by atoms with Crippen molar-refractivity contribution in [3.63, 3.8) is 0 Å². The van der Waals surface area contributed by atoms with Crippen molar-refractivity contribution in [1.29, 1.82) is 0 Å². The molecule has 0 unspecified atom stereocenters. The number of nitrogens with zero attached hydrogens (tertiary/aromatic N) is 3. The topological polar surface area (TPSA) is 109 Å². The normalized spacial score (nSPS) is 14.6. The van der Waals surface area contributed by atoms with Gasteiger partial charge in [-0.05, 0) is 24.6 Å². The summed E-state index contributed by atoms with van der Waals surface area (Å²) in [5.74, 6) is -0.222. The number of hydrazine groups is 1. The summed E-state index contributed by atoms with van der Waals surface area (Å²) in [4.78, 5) is 33.5. The van der Waals surface area contributed by atoms with E-state index >= 15 is 0 Å². The molecule has 0 aliphatic carbocycles. The molecule has 2 aromatic heterocycles. The fourth-order valence-corrected chi connectivity index (χ4v) is 6.01. The van der Waals surface area contributed by atoms with E-state index in [0.29, 0.717) is 41.5 Å². The Hall–Kier alpha value is -2.68. The first-order valence-corrected chi connectivity index (χ1v) is 13.5. The van der Waals surface area contributed by atoms with Crippen LogP contribution in [0.5, 0.6) is 0 Å². The van der Waals surface area contributed by atoms with Crippen LogP contribution in [-0.2, 0) is 38.8 Å². The SMILES string of the molecule is Cc1nc(CN2NCCC2=O)c(-c2csc(CC(=O)Cc3ccc(S(=O)(=O)C(F)(F)F)cc3)n2)s1. The molecule has 0 radical (unpaired) electrons. The Bertz CT molecular complexity index is 1370. The third-order valence-electron chi connectivity index (χ3n) is 5.13. The van der Waals surface area contributed by atoms with Crippen molar-refractivity contribution in [2.24, 2.45) is 0 Å². The Balaban J connectivity index is 1.42. The van der Waals surface area contributed by atoms with Crippen LogP contribution in [0.15, 0.2) is 34.5 Å². The third kappa shape index (κ3) is 5.60. The summed E-state index contributed by atoms with van der Waals surface area (Å²) in [6.07, 6.45) is 0.379. The second-order valence-electron chi connectivity index (χ2n) is 7.76. The zero-order valence-electron chi connectivity index (χ0n) is 18.3. The molecule has 1 aliphatic rings. The van der Waals surface area contributed by atoms with Crippen molar-refractivity contribution in [3.05, 3.63) is 50.9 Å². The predicted octanol–water partition coefficient (Wildman–Crippen LogP) is 3.46. The molecule has 14 heteroatoms. The quantitative estimate of drug-likeness (QED) is 0.463. The van der Waals surface area contributed by atoms with Crippen LogP contribution in [0.1, 0.15) is 27.7 Å². The molecule has 0 atom stereocenters. The molecule has 1 aromatic carbocycles. The summed E-state index contributed by atoms with van der Waals surface area (Å²) in [5, 5.41) is 4.73. The van der Waals surface area contributed by atoms with Gasteiger partial charge in [0.05, 0.1) is 39.1 Å². The van der Waals surface area contributed by atoms with Crippen LogP contribution in [0.4, 0.5) is 13.2 Å². The highest BCUT2D eigenvalue weighted by Gasteiger charge is 2.46. The highest BCUT2D eigenvalue weighted by molar-refractivity contribution is 7.92. The molecule has 1 fully saturated rings. The van der Waals surface area contributed by atoms with Crippen LogP contribution in [0, 0.1) is 6.92 Å². The second kappa shape index (κ2) is 9.76. The average Bonchev–Trinajstić information content (AvgIpc) is 3.49. The fraction of sp³-hybridized carbons (Fsp3) is 0.333. The maximum Gasteiger partial charge on any atom is 0.501 e. The molecule has 3 aromatic rings. The summed E-state index contributed by atoms with van der Waals surface area (Å²) in [5.41, 5.74) is -0.599. The van der Waals surface area contributed by atoms with Gasteiger partial charge in [0.15, 0.2) is 0 Å². The molecule has 35 heavy (non-hydrogen) atoms. The minimum Gasteiger partial charge on any atom is -0.299 e. The number of aryl methyl sites for hydroxylation is 1. The van der Waals surface area contributed by atoms with Gasteiger partial charge in [-0.3, -0.25) is 14.6 Å². The molecule has 3 heterocycles. The predicted molar refractivity (Wildman–Crippen MR) is 123 cm³/mol. The standard InChI is InChI=1S/C21H19F3N4O4S3/c1-12-26-16(10-28-19(30)6-7-25-28)20(34-12)17-11-33-18(27-17)9-14(29)8-13-2-4-15(5-3-13)35(31,32)21(22,23)24/h2-5,11,25H,6-10H2,1H3. The zero-order valence-corrected chi connectivity index (χ0v) is 20.7. The van der Waals surface area contributed by atoms with Crippen molar-refractivity contribution < 1.29 is 31.2 Å². The van der Waals surface area contributed by atoms with Crippen molar-refractivity contribution in [1.82, 2.24) is 20.4 Å². The number of carbonyl (C=O) groups is 2. The first kappa shape index (κ1) is 25.4. The van der Waals surface area contributed by atoms with Gasteiger partial charge in [0.2, 0.25) is 5.91 Å².